The van der Waals surface area contributed by atoms with Crippen LogP contribution in [0.3, 0.4) is 0 Å². The van der Waals surface area contributed by atoms with Crippen LogP contribution < -0.4 is 10.2 Å². The number of benzene rings is 1. The van der Waals surface area contributed by atoms with Crippen LogP contribution in [0.2, 0.25) is 5.15 Å². The number of nitrogens with one attached hydrogen (secondary N) is 1. The van der Waals surface area contributed by atoms with Gasteiger partial charge in [0.25, 0.3) is 0 Å². The van der Waals surface area contributed by atoms with E-state index in [0.29, 0.717) is 42.0 Å². The van der Waals surface area contributed by atoms with Gasteiger partial charge in [-0.15, -0.1) is 0 Å². The zero-order valence-corrected chi connectivity index (χ0v) is 20.4. The summed E-state index contributed by atoms with van der Waals surface area (Å²) in [7, 11) is 0. The first-order chi connectivity index (χ1) is 17.0. The number of pyridine rings is 1. The number of hydrogen-bond donors (Lipinski definition) is 2. The Hall–Kier alpha value is -3.58. The fraction of sp³-hybridized carbons (Fsp3) is 0.400. The minimum Gasteiger partial charge on any atom is -0.476 e. The first-order valence-corrected chi connectivity index (χ1v) is 11.9. The molecule has 0 bridgehead atoms. The van der Waals surface area contributed by atoms with Crippen LogP contribution in [0.4, 0.5) is 20.3 Å². The highest BCUT2D eigenvalue weighted by Crippen LogP contribution is 2.57. The van der Waals surface area contributed by atoms with Gasteiger partial charge in [0.15, 0.2) is 17.2 Å². The number of halogens is 3. The monoisotopic (exact) mass is 512 g/mol. The number of carbonyl (C=O) groups is 1. The molecule has 2 N–H and O–H groups in total. The third-order valence-corrected chi connectivity index (χ3v) is 7.15. The molecule has 2 fully saturated rings. The second-order valence-corrected chi connectivity index (χ2v) is 10.2. The minimum atomic E-state index is -2.62. The maximum absolute atomic E-state index is 13.6. The van der Waals surface area contributed by atoms with Crippen molar-refractivity contribution in [1.82, 2.24) is 15.0 Å². The summed E-state index contributed by atoms with van der Waals surface area (Å²) in [4.78, 5) is 26.8. The maximum Gasteiger partial charge on any atom is 0.356 e. The molecule has 5 rings (SSSR count). The van der Waals surface area contributed by atoms with Crippen molar-refractivity contribution >= 4 is 40.1 Å². The highest BCUT2D eigenvalue weighted by atomic mass is 35.5. The number of aromatic carboxylic acids is 1. The molecule has 186 valence electrons. The second-order valence-electron chi connectivity index (χ2n) is 9.81. The molecule has 3 heterocycles. The molecular formula is C25H23ClF2N6O2. The van der Waals surface area contributed by atoms with Crippen LogP contribution in [0.15, 0.2) is 24.3 Å². The summed E-state index contributed by atoms with van der Waals surface area (Å²) in [6.45, 7) is 4.68. The number of nitriles is 1. The van der Waals surface area contributed by atoms with Gasteiger partial charge in [-0.05, 0) is 44.0 Å². The van der Waals surface area contributed by atoms with E-state index in [1.54, 1.807) is 6.07 Å². The number of fused-ring (bicyclic) bond motifs is 1. The Bertz CT molecular complexity index is 1430. The van der Waals surface area contributed by atoms with E-state index in [-0.39, 0.29) is 29.4 Å². The number of nitrogens with zero attached hydrogens (tertiary/aromatic N) is 5. The number of aromatic nitrogens is 3. The van der Waals surface area contributed by atoms with Gasteiger partial charge in [0.1, 0.15) is 11.2 Å². The summed E-state index contributed by atoms with van der Waals surface area (Å²) in [5.74, 6) is -3.46. The van der Waals surface area contributed by atoms with Gasteiger partial charge in [-0.1, -0.05) is 17.7 Å². The maximum atomic E-state index is 13.6. The topological polar surface area (TPSA) is 115 Å². The first kappa shape index (κ1) is 24.1. The van der Waals surface area contributed by atoms with Crippen LogP contribution in [0.1, 0.15) is 59.5 Å². The Kier molecular flexibility index (Phi) is 5.71. The number of carboxylic acids is 1. The number of alkyl halides is 2. The van der Waals surface area contributed by atoms with Gasteiger partial charge in [0.2, 0.25) is 5.92 Å². The lowest BCUT2D eigenvalue weighted by atomic mass is 9.65. The lowest BCUT2D eigenvalue weighted by Crippen LogP contribution is -2.47. The fourth-order valence-electron chi connectivity index (χ4n) is 5.42. The zero-order valence-electron chi connectivity index (χ0n) is 19.6. The van der Waals surface area contributed by atoms with Gasteiger partial charge < -0.3 is 15.3 Å². The quantitative estimate of drug-likeness (QED) is 0.439. The lowest BCUT2D eigenvalue weighted by molar-refractivity contribution is -0.152. The van der Waals surface area contributed by atoms with Gasteiger partial charge >= 0.3 is 5.97 Å². The van der Waals surface area contributed by atoms with E-state index in [1.807, 2.05) is 30.9 Å². The van der Waals surface area contributed by atoms with Crippen LogP contribution in [-0.4, -0.2) is 45.0 Å². The first-order valence-electron chi connectivity index (χ1n) is 11.5. The van der Waals surface area contributed by atoms with Gasteiger partial charge in [0.05, 0.1) is 22.8 Å². The van der Waals surface area contributed by atoms with Crippen molar-refractivity contribution in [3.8, 4) is 6.07 Å². The summed E-state index contributed by atoms with van der Waals surface area (Å²) in [5.41, 5.74) is 2.50. The molecule has 0 amide bonds. The van der Waals surface area contributed by atoms with Crippen LogP contribution in [0.25, 0.3) is 11.0 Å². The van der Waals surface area contributed by atoms with E-state index in [9.17, 15) is 23.9 Å². The predicted molar refractivity (Wildman–Crippen MR) is 131 cm³/mol. The van der Waals surface area contributed by atoms with Crippen LogP contribution in [-0.2, 0) is 0 Å². The molecule has 11 heteroatoms. The largest absolute Gasteiger partial charge is 0.476 e. The number of anilines is 2. The average molecular weight is 513 g/mol. The summed E-state index contributed by atoms with van der Waals surface area (Å²) in [6, 6.07) is 8.51. The van der Waals surface area contributed by atoms with Crippen molar-refractivity contribution in [3.05, 3.63) is 51.9 Å². The molecule has 3 aromatic rings. The lowest BCUT2D eigenvalue weighted by Gasteiger charge is -2.44. The summed E-state index contributed by atoms with van der Waals surface area (Å²) >= 11 is 5.88. The van der Waals surface area contributed by atoms with E-state index in [4.69, 9.17) is 16.6 Å². The third-order valence-electron chi connectivity index (χ3n) is 6.94. The van der Waals surface area contributed by atoms with E-state index in [2.05, 4.69) is 21.4 Å². The summed E-state index contributed by atoms with van der Waals surface area (Å²) in [5, 5.41) is 22.6. The highest BCUT2D eigenvalue weighted by Gasteiger charge is 2.59. The Morgan fingerprint density at radius 2 is 2.03 bits per heavy atom. The molecule has 1 saturated carbocycles. The normalized spacial score (nSPS) is 18.6. The molecule has 0 unspecified atom stereocenters. The fourth-order valence-corrected chi connectivity index (χ4v) is 5.57. The second kappa shape index (κ2) is 8.52. The van der Waals surface area contributed by atoms with E-state index in [0.717, 1.165) is 11.1 Å². The Labute approximate surface area is 210 Å². The van der Waals surface area contributed by atoms with Crippen molar-refractivity contribution in [2.24, 2.45) is 5.41 Å². The van der Waals surface area contributed by atoms with E-state index >= 15 is 0 Å². The molecule has 1 aliphatic carbocycles. The zero-order chi connectivity index (χ0) is 25.8. The Morgan fingerprint density at radius 1 is 1.28 bits per heavy atom. The van der Waals surface area contributed by atoms with Gasteiger partial charge in [-0.3, -0.25) is 0 Å². The number of rotatable bonds is 5. The molecule has 8 nitrogen and oxygen atoms in total. The molecule has 1 aromatic carbocycles. The standard InChI is InChI=1S/C25H23ClF2N6O2/c1-13-7-15(14(2)30-16-3-4-19(26)32-21(16)23(35)36)20-17(8-13)31-18(9-29)22(33-20)34-6-5-24(12-34)10-25(27,28)11-24/h3-4,7-8,14,30H,5-6,10-12H2,1-2H3,(H,35,36)/t14-/m1/s1. The third kappa shape index (κ3) is 4.28. The van der Waals surface area contributed by atoms with E-state index in [1.165, 1.54) is 6.07 Å². The average Bonchev–Trinajstić information content (AvgIpc) is 3.21. The molecule has 1 aliphatic heterocycles. The summed E-state index contributed by atoms with van der Waals surface area (Å²) < 4.78 is 27.2. The van der Waals surface area contributed by atoms with Crippen molar-refractivity contribution in [2.45, 2.75) is 45.1 Å². The Balaban J connectivity index is 1.53. The molecule has 0 radical (unpaired) electrons. The van der Waals surface area contributed by atoms with Crippen molar-refractivity contribution in [3.63, 3.8) is 0 Å². The van der Waals surface area contributed by atoms with Gasteiger partial charge in [-0.2, -0.15) is 5.26 Å². The van der Waals surface area contributed by atoms with Crippen LogP contribution in [0, 0.1) is 23.7 Å². The van der Waals surface area contributed by atoms with Gasteiger partial charge in [-0.25, -0.2) is 28.5 Å². The number of aryl methyl sites for hydroxylation is 1. The predicted octanol–water partition coefficient (Wildman–Crippen LogP) is 5.36. The van der Waals surface area contributed by atoms with Gasteiger partial charge in [0, 0.05) is 36.9 Å². The number of hydrogen-bond acceptors (Lipinski definition) is 7. The van der Waals surface area contributed by atoms with Crippen LogP contribution in [0.5, 0.6) is 0 Å². The molecular weight excluding hydrogens is 490 g/mol. The number of carboxylic acid groups (broad SMARTS) is 1. The molecule has 1 atom stereocenters. The molecule has 2 aromatic heterocycles. The summed E-state index contributed by atoms with van der Waals surface area (Å²) in [6.07, 6.45) is 0.324. The molecule has 1 saturated heterocycles. The molecule has 1 spiro atoms. The van der Waals surface area contributed by atoms with Crippen LogP contribution >= 0.6 is 11.6 Å². The smallest absolute Gasteiger partial charge is 0.356 e. The SMILES string of the molecule is Cc1cc([C@@H](C)Nc2ccc(Cl)nc2C(=O)O)c2nc(N3CCC4(C3)CC(F)(F)C4)c(C#N)nc2c1. The molecule has 36 heavy (non-hydrogen) atoms. The minimum absolute atomic E-state index is 0.0683. The van der Waals surface area contributed by atoms with Crippen molar-refractivity contribution < 1.29 is 18.7 Å². The Morgan fingerprint density at radius 3 is 2.69 bits per heavy atom. The van der Waals surface area contributed by atoms with Crippen molar-refractivity contribution in [1.29, 1.82) is 5.26 Å². The highest BCUT2D eigenvalue weighted by molar-refractivity contribution is 6.29. The molecule has 2 aliphatic rings. The van der Waals surface area contributed by atoms with E-state index < -0.39 is 23.3 Å². The van der Waals surface area contributed by atoms with Crippen molar-refractivity contribution in [2.75, 3.05) is 23.3 Å².